The van der Waals surface area contributed by atoms with Crippen molar-refractivity contribution in [2.24, 2.45) is 0 Å². The van der Waals surface area contributed by atoms with Crippen LogP contribution in [-0.4, -0.2) is 7.11 Å². The normalized spacial score (nSPS) is 10.4. The molecule has 0 bridgehead atoms. The first-order chi connectivity index (χ1) is 9.49. The van der Waals surface area contributed by atoms with Crippen LogP contribution in [0.4, 0.5) is 5.69 Å². The molecule has 0 spiro atoms. The molecule has 2 aromatic carbocycles. The summed E-state index contributed by atoms with van der Waals surface area (Å²) in [5.41, 5.74) is 4.75. The highest BCUT2D eigenvalue weighted by Crippen LogP contribution is 2.33. The molecule has 2 rings (SSSR count). The van der Waals surface area contributed by atoms with E-state index in [1.165, 1.54) is 11.1 Å². The van der Waals surface area contributed by atoms with E-state index in [9.17, 15) is 0 Å². The molecular formula is C16H17Br2NO. The van der Waals surface area contributed by atoms with Gasteiger partial charge in [0.05, 0.1) is 11.6 Å². The highest BCUT2D eigenvalue weighted by atomic mass is 79.9. The van der Waals surface area contributed by atoms with Crippen LogP contribution < -0.4 is 10.1 Å². The molecular weight excluding hydrogens is 382 g/mol. The highest BCUT2D eigenvalue weighted by Gasteiger charge is 2.09. The van der Waals surface area contributed by atoms with Crippen molar-refractivity contribution >= 4 is 37.5 Å². The van der Waals surface area contributed by atoms with E-state index in [0.29, 0.717) is 6.54 Å². The lowest BCUT2D eigenvalue weighted by Gasteiger charge is -2.13. The van der Waals surface area contributed by atoms with E-state index in [-0.39, 0.29) is 0 Å². The van der Waals surface area contributed by atoms with E-state index in [1.807, 2.05) is 6.07 Å². The number of anilines is 1. The second kappa shape index (κ2) is 6.64. The molecule has 2 aromatic rings. The molecule has 0 aliphatic rings. The Bertz CT molecular complexity index is 606. The minimum Gasteiger partial charge on any atom is -0.495 e. The first-order valence-corrected chi connectivity index (χ1v) is 7.92. The third kappa shape index (κ3) is 3.76. The van der Waals surface area contributed by atoms with Gasteiger partial charge < -0.3 is 10.1 Å². The quantitative estimate of drug-likeness (QED) is 0.739. The van der Waals surface area contributed by atoms with Crippen molar-refractivity contribution in [1.82, 2.24) is 0 Å². The molecule has 106 valence electrons. The van der Waals surface area contributed by atoms with Gasteiger partial charge in [-0.25, -0.2) is 0 Å². The number of aryl methyl sites for hydroxylation is 2. The second-order valence-electron chi connectivity index (χ2n) is 4.81. The molecule has 20 heavy (non-hydrogen) atoms. The average molecular weight is 399 g/mol. The van der Waals surface area contributed by atoms with Gasteiger partial charge in [-0.2, -0.15) is 0 Å². The lowest BCUT2D eigenvalue weighted by Crippen LogP contribution is -2.03. The number of benzene rings is 2. The lowest BCUT2D eigenvalue weighted by atomic mass is 10.1. The summed E-state index contributed by atoms with van der Waals surface area (Å²) in [7, 11) is 1.69. The van der Waals surface area contributed by atoms with Crippen molar-refractivity contribution in [2.45, 2.75) is 20.4 Å². The number of hydrogen-bond acceptors (Lipinski definition) is 2. The molecule has 0 heterocycles. The van der Waals surface area contributed by atoms with Gasteiger partial charge in [0.15, 0.2) is 0 Å². The van der Waals surface area contributed by atoms with Gasteiger partial charge in [0.2, 0.25) is 0 Å². The van der Waals surface area contributed by atoms with Crippen LogP contribution in [0.15, 0.2) is 39.3 Å². The van der Waals surface area contributed by atoms with Crippen LogP contribution in [0.5, 0.6) is 5.75 Å². The standard InChI is InChI=1S/C16H17Br2NO/c1-10-4-11(2)6-14(5-10)19-9-12-7-13(17)8-15(18)16(12)20-3/h4-8,19H,9H2,1-3H3. The Hall–Kier alpha value is -1.00. The van der Waals surface area contributed by atoms with Crippen molar-refractivity contribution in [3.63, 3.8) is 0 Å². The van der Waals surface area contributed by atoms with Crippen LogP contribution in [0.25, 0.3) is 0 Å². The average Bonchev–Trinajstić information content (AvgIpc) is 2.34. The first kappa shape index (κ1) is 15.4. The van der Waals surface area contributed by atoms with Gasteiger partial charge in [-0.3, -0.25) is 0 Å². The van der Waals surface area contributed by atoms with Crippen LogP contribution >= 0.6 is 31.9 Å². The molecule has 0 fully saturated rings. The summed E-state index contributed by atoms with van der Waals surface area (Å²) < 4.78 is 7.44. The third-order valence-corrected chi connectivity index (χ3v) is 4.04. The van der Waals surface area contributed by atoms with E-state index in [4.69, 9.17) is 4.74 Å². The van der Waals surface area contributed by atoms with Crippen molar-refractivity contribution in [3.8, 4) is 5.75 Å². The third-order valence-electron chi connectivity index (χ3n) is 2.99. The number of ether oxygens (including phenoxy) is 1. The maximum Gasteiger partial charge on any atom is 0.138 e. The maximum atomic E-state index is 5.46. The van der Waals surface area contributed by atoms with Gasteiger partial charge in [-0.05, 0) is 65.2 Å². The van der Waals surface area contributed by atoms with Gasteiger partial charge in [0.25, 0.3) is 0 Å². The molecule has 0 aliphatic heterocycles. The summed E-state index contributed by atoms with van der Waals surface area (Å²) in [5, 5.41) is 3.45. The Kier molecular flexibility index (Phi) is 5.11. The molecule has 1 N–H and O–H groups in total. The van der Waals surface area contributed by atoms with Gasteiger partial charge in [-0.15, -0.1) is 0 Å². The smallest absolute Gasteiger partial charge is 0.138 e. The van der Waals surface area contributed by atoms with Crippen LogP contribution in [0.3, 0.4) is 0 Å². The summed E-state index contributed by atoms with van der Waals surface area (Å²) in [6.07, 6.45) is 0. The predicted octanol–water partition coefficient (Wildman–Crippen LogP) is 5.45. The summed E-state index contributed by atoms with van der Waals surface area (Å²) in [4.78, 5) is 0. The zero-order valence-electron chi connectivity index (χ0n) is 11.8. The van der Waals surface area contributed by atoms with Crippen molar-refractivity contribution in [3.05, 3.63) is 56.0 Å². The Morgan fingerprint density at radius 1 is 1.00 bits per heavy atom. The summed E-state index contributed by atoms with van der Waals surface area (Å²) in [5.74, 6) is 0.866. The summed E-state index contributed by atoms with van der Waals surface area (Å²) >= 11 is 7.04. The van der Waals surface area contributed by atoms with Gasteiger partial charge >= 0.3 is 0 Å². The molecule has 0 aliphatic carbocycles. The summed E-state index contributed by atoms with van der Waals surface area (Å²) in [6.45, 7) is 4.92. The molecule has 0 amide bonds. The molecule has 0 atom stereocenters. The first-order valence-electron chi connectivity index (χ1n) is 6.33. The Labute approximate surface area is 136 Å². The highest BCUT2D eigenvalue weighted by molar-refractivity contribution is 9.11. The second-order valence-corrected chi connectivity index (χ2v) is 6.58. The monoisotopic (exact) mass is 397 g/mol. The largest absolute Gasteiger partial charge is 0.495 e. The van der Waals surface area contributed by atoms with E-state index in [1.54, 1.807) is 7.11 Å². The SMILES string of the molecule is COc1c(Br)cc(Br)cc1CNc1cc(C)cc(C)c1. The van der Waals surface area contributed by atoms with Crippen molar-refractivity contribution in [2.75, 3.05) is 12.4 Å². The Morgan fingerprint density at radius 2 is 1.65 bits per heavy atom. The maximum absolute atomic E-state index is 5.46. The Balaban J connectivity index is 2.22. The van der Waals surface area contributed by atoms with Crippen LogP contribution in [0, 0.1) is 13.8 Å². The molecule has 0 unspecified atom stereocenters. The zero-order valence-corrected chi connectivity index (χ0v) is 14.9. The number of halogens is 2. The fourth-order valence-electron chi connectivity index (χ4n) is 2.25. The minimum absolute atomic E-state index is 0.712. The van der Waals surface area contributed by atoms with E-state index in [0.717, 1.165) is 25.9 Å². The van der Waals surface area contributed by atoms with Gasteiger partial charge in [0.1, 0.15) is 5.75 Å². The zero-order chi connectivity index (χ0) is 14.7. The van der Waals surface area contributed by atoms with Crippen molar-refractivity contribution in [1.29, 1.82) is 0 Å². The van der Waals surface area contributed by atoms with Crippen molar-refractivity contribution < 1.29 is 4.74 Å². The fraction of sp³-hybridized carbons (Fsp3) is 0.250. The number of methoxy groups -OCH3 is 1. The molecule has 4 heteroatoms. The number of hydrogen-bond donors (Lipinski definition) is 1. The molecule has 0 saturated carbocycles. The molecule has 0 radical (unpaired) electrons. The van der Waals surface area contributed by atoms with Crippen LogP contribution in [0.2, 0.25) is 0 Å². The summed E-state index contributed by atoms with van der Waals surface area (Å²) in [6, 6.07) is 10.5. The van der Waals surface area contributed by atoms with Gasteiger partial charge in [-0.1, -0.05) is 22.0 Å². The molecule has 0 saturated heterocycles. The van der Waals surface area contributed by atoms with E-state index >= 15 is 0 Å². The predicted molar refractivity (Wildman–Crippen MR) is 91.6 cm³/mol. The van der Waals surface area contributed by atoms with Gasteiger partial charge in [0, 0.05) is 22.3 Å². The molecule has 0 aromatic heterocycles. The topological polar surface area (TPSA) is 21.3 Å². The van der Waals surface area contributed by atoms with E-state index in [2.05, 4.69) is 75.3 Å². The minimum atomic E-state index is 0.712. The number of rotatable bonds is 4. The van der Waals surface area contributed by atoms with Crippen LogP contribution in [0.1, 0.15) is 16.7 Å². The van der Waals surface area contributed by atoms with Crippen LogP contribution in [-0.2, 0) is 6.54 Å². The molecule has 2 nitrogen and oxygen atoms in total. The fourth-order valence-corrected chi connectivity index (χ4v) is 3.72. The lowest BCUT2D eigenvalue weighted by molar-refractivity contribution is 0.407. The number of nitrogens with one attached hydrogen (secondary N) is 1. The Morgan fingerprint density at radius 3 is 2.25 bits per heavy atom. The van der Waals surface area contributed by atoms with E-state index < -0.39 is 0 Å².